The lowest BCUT2D eigenvalue weighted by atomic mass is 9.98. The van der Waals surface area contributed by atoms with Crippen LogP contribution in [0, 0.1) is 6.92 Å². The molecule has 0 unspecified atom stereocenters. The standard InChI is InChI=1S/C13H17BrN2O.ClH/c1-9-8-10(4-5-11(9)14)16-12(17)13(15)6-2-3-7-13;/h4-5,8H,2-3,6-7,15H2,1H3,(H,16,17);1H. The Balaban J connectivity index is 0.00000162. The maximum Gasteiger partial charge on any atom is 0.244 e. The Bertz CT molecular complexity index is 445. The highest BCUT2D eigenvalue weighted by molar-refractivity contribution is 9.10. The van der Waals surface area contributed by atoms with Crippen LogP contribution in [0.25, 0.3) is 0 Å². The molecule has 3 nitrogen and oxygen atoms in total. The number of aryl methyl sites for hydroxylation is 1. The van der Waals surface area contributed by atoms with Crippen LogP contribution in [0.3, 0.4) is 0 Å². The van der Waals surface area contributed by atoms with Crippen LogP contribution >= 0.6 is 28.3 Å². The molecule has 0 heterocycles. The van der Waals surface area contributed by atoms with Crippen LogP contribution in [0.1, 0.15) is 31.2 Å². The molecule has 1 saturated carbocycles. The number of anilines is 1. The van der Waals surface area contributed by atoms with Gasteiger partial charge >= 0.3 is 0 Å². The zero-order valence-electron chi connectivity index (χ0n) is 10.3. The van der Waals surface area contributed by atoms with E-state index in [1.54, 1.807) is 0 Å². The summed E-state index contributed by atoms with van der Waals surface area (Å²) in [6.07, 6.45) is 3.66. The molecule has 0 aromatic heterocycles. The molecule has 0 radical (unpaired) electrons. The molecule has 0 bridgehead atoms. The smallest absolute Gasteiger partial charge is 0.244 e. The third-order valence-electron chi connectivity index (χ3n) is 3.36. The van der Waals surface area contributed by atoms with Crippen LogP contribution in [0.2, 0.25) is 0 Å². The van der Waals surface area contributed by atoms with Crippen LogP contribution in [0.5, 0.6) is 0 Å². The van der Waals surface area contributed by atoms with Crippen molar-refractivity contribution >= 4 is 39.9 Å². The van der Waals surface area contributed by atoms with Gasteiger partial charge in [0.25, 0.3) is 0 Å². The normalized spacial score (nSPS) is 17.1. The van der Waals surface area contributed by atoms with Crippen LogP contribution in [0.15, 0.2) is 22.7 Å². The van der Waals surface area contributed by atoms with Gasteiger partial charge < -0.3 is 11.1 Å². The molecule has 1 aliphatic rings. The minimum Gasteiger partial charge on any atom is -0.324 e. The van der Waals surface area contributed by atoms with Gasteiger partial charge in [-0.3, -0.25) is 4.79 Å². The number of rotatable bonds is 2. The van der Waals surface area contributed by atoms with Gasteiger partial charge in [0.2, 0.25) is 5.91 Å². The van der Waals surface area contributed by atoms with Crippen LogP contribution in [0.4, 0.5) is 5.69 Å². The van der Waals surface area contributed by atoms with E-state index in [0.717, 1.165) is 41.4 Å². The average molecular weight is 334 g/mol. The Hall–Kier alpha value is -0.580. The summed E-state index contributed by atoms with van der Waals surface area (Å²) in [5.74, 6) is -0.0586. The van der Waals surface area contributed by atoms with E-state index in [-0.39, 0.29) is 18.3 Å². The molecule has 3 N–H and O–H groups in total. The molecule has 1 aromatic carbocycles. The molecule has 5 heteroatoms. The molecular weight excluding hydrogens is 316 g/mol. The van der Waals surface area contributed by atoms with E-state index < -0.39 is 5.54 Å². The van der Waals surface area contributed by atoms with Crippen molar-refractivity contribution in [3.8, 4) is 0 Å². The van der Waals surface area contributed by atoms with Crippen LogP contribution in [-0.4, -0.2) is 11.4 Å². The molecule has 1 aliphatic carbocycles. The summed E-state index contributed by atoms with van der Waals surface area (Å²) in [6, 6.07) is 5.76. The second-order valence-corrected chi connectivity index (χ2v) is 5.64. The third kappa shape index (κ3) is 3.25. The molecule has 100 valence electrons. The van der Waals surface area contributed by atoms with Crippen molar-refractivity contribution in [1.82, 2.24) is 0 Å². The molecule has 0 aliphatic heterocycles. The van der Waals surface area contributed by atoms with Crippen molar-refractivity contribution in [1.29, 1.82) is 0 Å². The van der Waals surface area contributed by atoms with Crippen molar-refractivity contribution in [3.05, 3.63) is 28.2 Å². The fraction of sp³-hybridized carbons (Fsp3) is 0.462. The van der Waals surface area contributed by atoms with Crippen LogP contribution < -0.4 is 11.1 Å². The van der Waals surface area contributed by atoms with Gasteiger partial charge in [-0.2, -0.15) is 0 Å². The van der Waals surface area contributed by atoms with E-state index in [4.69, 9.17) is 5.73 Å². The third-order valence-corrected chi connectivity index (χ3v) is 4.25. The van der Waals surface area contributed by atoms with Crippen molar-refractivity contribution < 1.29 is 4.79 Å². The van der Waals surface area contributed by atoms with Gasteiger partial charge in [-0.25, -0.2) is 0 Å². The van der Waals surface area contributed by atoms with Gasteiger partial charge in [0.1, 0.15) is 0 Å². The highest BCUT2D eigenvalue weighted by Crippen LogP contribution is 2.29. The minimum atomic E-state index is -0.666. The quantitative estimate of drug-likeness (QED) is 0.871. The average Bonchev–Trinajstić information content (AvgIpc) is 2.72. The zero-order valence-corrected chi connectivity index (χ0v) is 12.7. The number of carbonyl (C=O) groups excluding carboxylic acids is 1. The Labute approximate surface area is 122 Å². The lowest BCUT2D eigenvalue weighted by molar-refractivity contribution is -0.121. The zero-order chi connectivity index (χ0) is 12.5. The molecule has 1 amide bonds. The molecule has 2 rings (SSSR count). The Morgan fingerprint density at radius 1 is 1.39 bits per heavy atom. The van der Waals surface area contributed by atoms with Crippen LogP contribution in [-0.2, 0) is 4.79 Å². The van der Waals surface area contributed by atoms with Crippen molar-refractivity contribution in [2.24, 2.45) is 5.73 Å². The van der Waals surface area contributed by atoms with Gasteiger partial charge in [0.05, 0.1) is 5.54 Å². The molecule has 0 saturated heterocycles. The first-order chi connectivity index (χ1) is 8.01. The second-order valence-electron chi connectivity index (χ2n) is 4.78. The first kappa shape index (κ1) is 15.5. The van der Waals surface area contributed by atoms with Gasteiger partial charge in [0.15, 0.2) is 0 Å². The monoisotopic (exact) mass is 332 g/mol. The first-order valence-electron chi connectivity index (χ1n) is 5.88. The van der Waals surface area contributed by atoms with E-state index in [0.29, 0.717) is 0 Å². The summed E-state index contributed by atoms with van der Waals surface area (Å²) in [4.78, 5) is 12.1. The SMILES string of the molecule is Cc1cc(NC(=O)C2(N)CCCC2)ccc1Br.Cl. The molecule has 0 spiro atoms. The highest BCUT2D eigenvalue weighted by Gasteiger charge is 2.36. The number of nitrogens with one attached hydrogen (secondary N) is 1. The minimum absolute atomic E-state index is 0. The number of benzene rings is 1. The number of carbonyl (C=O) groups is 1. The van der Waals surface area contributed by atoms with Gasteiger partial charge in [-0.15, -0.1) is 12.4 Å². The van der Waals surface area contributed by atoms with E-state index in [9.17, 15) is 4.79 Å². The lowest BCUT2D eigenvalue weighted by Gasteiger charge is -2.22. The number of amides is 1. The number of hydrogen-bond acceptors (Lipinski definition) is 2. The summed E-state index contributed by atoms with van der Waals surface area (Å²) < 4.78 is 1.04. The number of hydrogen-bond donors (Lipinski definition) is 2. The Kier molecular flexibility index (Phi) is 5.20. The Morgan fingerprint density at radius 2 is 2.00 bits per heavy atom. The molecule has 1 aromatic rings. The van der Waals surface area contributed by atoms with Crippen molar-refractivity contribution in [2.75, 3.05) is 5.32 Å². The molecular formula is C13H18BrClN2O. The first-order valence-corrected chi connectivity index (χ1v) is 6.67. The van der Waals surface area contributed by atoms with Gasteiger partial charge in [-0.1, -0.05) is 28.8 Å². The second kappa shape index (κ2) is 6.04. The number of halogens is 2. The summed E-state index contributed by atoms with van der Waals surface area (Å²) in [5, 5.41) is 2.91. The summed E-state index contributed by atoms with van der Waals surface area (Å²) in [7, 11) is 0. The summed E-state index contributed by atoms with van der Waals surface area (Å²) in [6.45, 7) is 1.99. The van der Waals surface area contributed by atoms with Crippen molar-refractivity contribution in [2.45, 2.75) is 38.1 Å². The van der Waals surface area contributed by atoms with Gasteiger partial charge in [-0.05, 0) is 43.5 Å². The van der Waals surface area contributed by atoms with E-state index >= 15 is 0 Å². The van der Waals surface area contributed by atoms with Crippen molar-refractivity contribution in [3.63, 3.8) is 0 Å². The van der Waals surface area contributed by atoms with E-state index in [2.05, 4.69) is 21.2 Å². The van der Waals surface area contributed by atoms with Gasteiger partial charge in [0, 0.05) is 10.2 Å². The molecule has 1 fully saturated rings. The highest BCUT2D eigenvalue weighted by atomic mass is 79.9. The molecule has 0 atom stereocenters. The largest absolute Gasteiger partial charge is 0.324 e. The predicted molar refractivity (Wildman–Crippen MR) is 80.1 cm³/mol. The Morgan fingerprint density at radius 3 is 2.56 bits per heavy atom. The fourth-order valence-corrected chi connectivity index (χ4v) is 2.46. The molecule has 18 heavy (non-hydrogen) atoms. The summed E-state index contributed by atoms with van der Waals surface area (Å²) >= 11 is 3.44. The summed E-state index contributed by atoms with van der Waals surface area (Å²) in [5.41, 5.74) is 7.34. The maximum absolute atomic E-state index is 12.1. The van der Waals surface area contributed by atoms with E-state index in [1.807, 2.05) is 25.1 Å². The van der Waals surface area contributed by atoms with E-state index in [1.165, 1.54) is 0 Å². The topological polar surface area (TPSA) is 55.1 Å². The number of nitrogens with two attached hydrogens (primary N) is 1. The fourth-order valence-electron chi connectivity index (χ4n) is 2.21. The lowest BCUT2D eigenvalue weighted by Crippen LogP contribution is -2.48. The predicted octanol–water partition coefficient (Wildman–Crippen LogP) is 3.39. The maximum atomic E-state index is 12.1.